The van der Waals surface area contributed by atoms with Crippen LogP contribution in [0.3, 0.4) is 0 Å². The van der Waals surface area contributed by atoms with Gasteiger partial charge >= 0.3 is 6.03 Å². The molecule has 30 heavy (non-hydrogen) atoms. The van der Waals surface area contributed by atoms with Crippen LogP contribution < -0.4 is 15.2 Å². The maximum atomic E-state index is 13.2. The number of fused-ring (bicyclic) bond motifs is 3. The number of anilines is 3. The van der Waals surface area contributed by atoms with E-state index in [1.54, 1.807) is 0 Å². The van der Waals surface area contributed by atoms with E-state index < -0.39 is 0 Å². The molecule has 10 nitrogen and oxygen atoms in total. The summed E-state index contributed by atoms with van der Waals surface area (Å²) in [4.78, 5) is 28.8. The molecule has 0 radical (unpaired) electrons. The molecule has 4 aliphatic heterocycles. The van der Waals surface area contributed by atoms with E-state index in [1.807, 2.05) is 35.3 Å². The number of para-hydroxylation sites is 1. The minimum Gasteiger partial charge on any atom is -0.379 e. The quantitative estimate of drug-likeness (QED) is 0.809. The standard InChI is InChI=1S/C20H25N7O3/c28-20(23-15-4-2-1-3-5-15)27(25-8-10-29-11-9-25)19-22-14-21-18(24-19)26-12-17-7-6-16(26)13-30-17/h1-5,14,16-17H,6-13H2,(H,23,28). The lowest BCUT2D eigenvalue weighted by Crippen LogP contribution is -2.56. The lowest BCUT2D eigenvalue weighted by atomic mass is 9.98. The second-order valence-corrected chi connectivity index (χ2v) is 7.60. The number of amides is 2. The highest BCUT2D eigenvalue weighted by Gasteiger charge is 2.37. The van der Waals surface area contributed by atoms with Crippen LogP contribution in [0.1, 0.15) is 12.8 Å². The minimum atomic E-state index is -0.316. The average Bonchev–Trinajstić information content (AvgIpc) is 2.81. The zero-order chi connectivity index (χ0) is 20.3. The third-order valence-electron chi connectivity index (χ3n) is 5.67. The lowest BCUT2D eigenvalue weighted by molar-refractivity contribution is -0.0232. The first-order valence-electron chi connectivity index (χ1n) is 10.3. The van der Waals surface area contributed by atoms with Crippen LogP contribution in [0.15, 0.2) is 36.7 Å². The Morgan fingerprint density at radius 3 is 2.67 bits per heavy atom. The van der Waals surface area contributed by atoms with Crippen LogP contribution in [-0.4, -0.2) is 77.6 Å². The smallest absolute Gasteiger partial charge is 0.343 e. The summed E-state index contributed by atoms with van der Waals surface area (Å²) in [5.74, 6) is 0.890. The molecule has 0 spiro atoms. The van der Waals surface area contributed by atoms with Crippen molar-refractivity contribution in [3.63, 3.8) is 0 Å². The summed E-state index contributed by atoms with van der Waals surface area (Å²) in [5, 5.41) is 6.34. The van der Waals surface area contributed by atoms with Crippen molar-refractivity contribution in [2.45, 2.75) is 25.0 Å². The summed E-state index contributed by atoms with van der Waals surface area (Å²) in [6, 6.07) is 9.30. The SMILES string of the molecule is O=C(Nc1ccccc1)N(c1ncnc(N2CC3CCC2CO3)n1)N1CCOCC1. The van der Waals surface area contributed by atoms with Crippen molar-refractivity contribution in [1.29, 1.82) is 0 Å². The van der Waals surface area contributed by atoms with E-state index in [1.165, 1.54) is 11.3 Å². The van der Waals surface area contributed by atoms with E-state index in [-0.39, 0.29) is 18.2 Å². The molecule has 2 bridgehead atoms. The van der Waals surface area contributed by atoms with Gasteiger partial charge in [-0.3, -0.25) is 0 Å². The van der Waals surface area contributed by atoms with Gasteiger partial charge in [0, 0.05) is 25.3 Å². The van der Waals surface area contributed by atoms with Gasteiger partial charge in [0.25, 0.3) is 5.95 Å². The number of carbonyl (C=O) groups excluding carboxylic acids is 1. The topological polar surface area (TPSA) is 96.0 Å². The Hall–Kier alpha value is -2.82. The Labute approximate surface area is 174 Å². The molecule has 2 atom stereocenters. The maximum absolute atomic E-state index is 13.2. The summed E-state index contributed by atoms with van der Waals surface area (Å²) < 4.78 is 11.3. The number of hydrogen-bond acceptors (Lipinski definition) is 8. The van der Waals surface area contributed by atoms with Crippen LogP contribution in [0.5, 0.6) is 0 Å². The number of nitrogens with zero attached hydrogens (tertiary/aromatic N) is 6. The number of ether oxygens (including phenoxy) is 2. The molecule has 1 aromatic carbocycles. The fourth-order valence-corrected chi connectivity index (χ4v) is 4.11. The minimum absolute atomic E-state index is 0.215. The molecule has 4 aliphatic rings. The van der Waals surface area contributed by atoms with Gasteiger partial charge in [-0.15, -0.1) is 0 Å². The third kappa shape index (κ3) is 3.93. The highest BCUT2D eigenvalue weighted by molar-refractivity contribution is 5.99. The van der Waals surface area contributed by atoms with Crippen molar-refractivity contribution in [3.8, 4) is 0 Å². The summed E-state index contributed by atoms with van der Waals surface area (Å²) >= 11 is 0. The summed E-state index contributed by atoms with van der Waals surface area (Å²) in [6.07, 6.45) is 3.82. The normalized spacial score (nSPS) is 23.9. The number of hydrazine groups is 1. The first-order chi connectivity index (χ1) is 14.8. The first-order valence-corrected chi connectivity index (χ1v) is 10.3. The van der Waals surface area contributed by atoms with Crippen molar-refractivity contribution in [2.75, 3.05) is 54.7 Å². The first kappa shape index (κ1) is 19.2. The number of nitrogens with one attached hydrogen (secondary N) is 1. The van der Waals surface area contributed by atoms with Gasteiger partial charge in [-0.1, -0.05) is 18.2 Å². The third-order valence-corrected chi connectivity index (χ3v) is 5.67. The fraction of sp³-hybridized carbons (Fsp3) is 0.500. The zero-order valence-corrected chi connectivity index (χ0v) is 16.7. The molecule has 2 amide bonds. The number of carbonyl (C=O) groups is 1. The van der Waals surface area contributed by atoms with Gasteiger partial charge in [-0.25, -0.2) is 14.8 Å². The Kier molecular flexibility index (Phi) is 5.43. The van der Waals surface area contributed by atoms with Crippen molar-refractivity contribution in [3.05, 3.63) is 36.7 Å². The predicted octanol–water partition coefficient (Wildman–Crippen LogP) is 1.52. The van der Waals surface area contributed by atoms with Gasteiger partial charge < -0.3 is 19.7 Å². The second kappa shape index (κ2) is 8.50. The lowest BCUT2D eigenvalue weighted by Gasteiger charge is -2.45. The van der Waals surface area contributed by atoms with E-state index in [0.29, 0.717) is 50.5 Å². The molecule has 6 rings (SSSR count). The van der Waals surface area contributed by atoms with Gasteiger partial charge in [-0.05, 0) is 25.0 Å². The Morgan fingerprint density at radius 2 is 1.97 bits per heavy atom. The van der Waals surface area contributed by atoms with E-state index in [0.717, 1.165) is 19.4 Å². The molecule has 0 saturated carbocycles. The molecule has 1 aromatic heterocycles. The van der Waals surface area contributed by atoms with Crippen molar-refractivity contribution >= 4 is 23.6 Å². The Morgan fingerprint density at radius 1 is 1.13 bits per heavy atom. The van der Waals surface area contributed by atoms with Gasteiger partial charge in [0.15, 0.2) is 0 Å². The number of rotatable bonds is 4. The highest BCUT2D eigenvalue weighted by Crippen LogP contribution is 2.29. The van der Waals surface area contributed by atoms with Crippen LogP contribution in [0.4, 0.5) is 22.4 Å². The van der Waals surface area contributed by atoms with Gasteiger partial charge in [-0.2, -0.15) is 15.0 Å². The molecule has 4 fully saturated rings. The van der Waals surface area contributed by atoms with Crippen LogP contribution in [0.2, 0.25) is 0 Å². The summed E-state index contributed by atoms with van der Waals surface area (Å²) in [5.41, 5.74) is 0.709. The Bertz CT molecular complexity index is 870. The molecular weight excluding hydrogens is 386 g/mol. The molecule has 10 heteroatoms. The molecule has 4 saturated heterocycles. The van der Waals surface area contributed by atoms with Crippen molar-refractivity contribution in [1.82, 2.24) is 20.0 Å². The second-order valence-electron chi connectivity index (χ2n) is 7.60. The zero-order valence-electron chi connectivity index (χ0n) is 16.7. The molecule has 0 aliphatic carbocycles. The fourth-order valence-electron chi connectivity index (χ4n) is 4.11. The van der Waals surface area contributed by atoms with Crippen molar-refractivity contribution < 1.29 is 14.3 Å². The van der Waals surface area contributed by atoms with E-state index in [2.05, 4.69) is 25.2 Å². The number of benzene rings is 1. The van der Waals surface area contributed by atoms with Crippen LogP contribution >= 0.6 is 0 Å². The molecule has 2 aromatic rings. The van der Waals surface area contributed by atoms with Gasteiger partial charge in [0.05, 0.1) is 32.0 Å². The molecule has 5 heterocycles. The molecule has 158 valence electrons. The molecule has 1 N–H and O–H groups in total. The van der Waals surface area contributed by atoms with Gasteiger partial charge in [0.1, 0.15) is 6.33 Å². The van der Waals surface area contributed by atoms with E-state index in [4.69, 9.17) is 9.47 Å². The monoisotopic (exact) mass is 411 g/mol. The van der Waals surface area contributed by atoms with Crippen LogP contribution in [0, 0.1) is 0 Å². The number of morpholine rings is 2. The van der Waals surface area contributed by atoms with Gasteiger partial charge in [0.2, 0.25) is 5.95 Å². The number of aromatic nitrogens is 3. The van der Waals surface area contributed by atoms with Crippen molar-refractivity contribution in [2.24, 2.45) is 0 Å². The predicted molar refractivity (Wildman–Crippen MR) is 110 cm³/mol. The van der Waals surface area contributed by atoms with E-state index in [9.17, 15) is 4.79 Å². The summed E-state index contributed by atoms with van der Waals surface area (Å²) in [7, 11) is 0. The van der Waals surface area contributed by atoms with Crippen LogP contribution in [0.25, 0.3) is 0 Å². The highest BCUT2D eigenvalue weighted by atomic mass is 16.5. The number of urea groups is 1. The maximum Gasteiger partial charge on any atom is 0.343 e. The summed E-state index contributed by atoms with van der Waals surface area (Å²) in [6.45, 7) is 3.69. The largest absolute Gasteiger partial charge is 0.379 e. The van der Waals surface area contributed by atoms with E-state index >= 15 is 0 Å². The van der Waals surface area contributed by atoms with Crippen LogP contribution in [-0.2, 0) is 9.47 Å². The number of hydrogen-bond donors (Lipinski definition) is 1. The Balaban J connectivity index is 1.43. The molecule has 2 unspecified atom stereocenters. The average molecular weight is 411 g/mol. The number of piperidine rings is 1. The molecular formula is C20H25N7O3.